The molecule has 0 aliphatic heterocycles. The van der Waals surface area contributed by atoms with Crippen molar-refractivity contribution in [3.63, 3.8) is 0 Å². The first-order chi connectivity index (χ1) is 10.7. The maximum Gasteiger partial charge on any atom is 0.413 e. The minimum Gasteiger partial charge on any atom is -0.489 e. The predicted octanol–water partition coefficient (Wildman–Crippen LogP) is 4.17. The van der Waals surface area contributed by atoms with Crippen molar-refractivity contribution in [1.29, 1.82) is 0 Å². The Balaban J connectivity index is 2.17. The summed E-state index contributed by atoms with van der Waals surface area (Å²) in [6, 6.07) is 15.6. The third-order valence-corrected chi connectivity index (χ3v) is 3.41. The summed E-state index contributed by atoms with van der Waals surface area (Å²) in [6.45, 7) is 4.88. The summed E-state index contributed by atoms with van der Waals surface area (Å²) >= 11 is 0. The van der Waals surface area contributed by atoms with Crippen molar-refractivity contribution in [3.8, 4) is 5.75 Å². The summed E-state index contributed by atoms with van der Waals surface area (Å²) in [5.74, 6) is 0.807. The number of nitrogens with zero attached hydrogens (tertiary/aromatic N) is 1. The van der Waals surface area contributed by atoms with Gasteiger partial charge in [-0.3, -0.25) is 4.90 Å². The van der Waals surface area contributed by atoms with Crippen molar-refractivity contribution >= 4 is 11.8 Å². The molecule has 0 aliphatic carbocycles. The van der Waals surface area contributed by atoms with Crippen LogP contribution >= 0.6 is 0 Å². The number of ether oxygens (including phenoxy) is 2. The van der Waals surface area contributed by atoms with Gasteiger partial charge in [0.05, 0.1) is 12.8 Å². The van der Waals surface area contributed by atoms with Crippen molar-refractivity contribution in [2.24, 2.45) is 0 Å². The Morgan fingerprint density at radius 2 is 1.77 bits per heavy atom. The molecule has 0 bridgehead atoms. The monoisotopic (exact) mass is 299 g/mol. The number of benzene rings is 2. The summed E-state index contributed by atoms with van der Waals surface area (Å²) < 4.78 is 10.7. The van der Waals surface area contributed by atoms with Crippen molar-refractivity contribution in [2.75, 3.05) is 18.6 Å². The van der Waals surface area contributed by atoms with Crippen LogP contribution in [0, 0.1) is 6.92 Å². The summed E-state index contributed by atoms with van der Waals surface area (Å²) in [5.41, 5.74) is 2.94. The van der Waals surface area contributed by atoms with Crippen molar-refractivity contribution < 1.29 is 14.3 Å². The Morgan fingerprint density at radius 1 is 1.09 bits per heavy atom. The van der Waals surface area contributed by atoms with Gasteiger partial charge < -0.3 is 9.47 Å². The number of anilines is 1. The zero-order valence-corrected chi connectivity index (χ0v) is 13.2. The van der Waals surface area contributed by atoms with Crippen LogP contribution in [0.4, 0.5) is 10.5 Å². The quantitative estimate of drug-likeness (QED) is 0.832. The average molecular weight is 299 g/mol. The number of methoxy groups -OCH3 is 1. The summed E-state index contributed by atoms with van der Waals surface area (Å²) in [7, 11) is 1.39. The van der Waals surface area contributed by atoms with E-state index < -0.39 is 0 Å². The molecule has 1 amide bonds. The largest absolute Gasteiger partial charge is 0.489 e. The standard InChI is InChI=1S/C18H21NO3/c1-4-19(18(20)21-3)17-8-6-5-7-15(17)13-22-16-11-9-14(2)10-12-16/h5-12H,4,13H2,1-3H3. The molecule has 4 heteroatoms. The molecule has 0 aromatic heterocycles. The number of aryl methyl sites for hydroxylation is 1. The van der Waals surface area contributed by atoms with Gasteiger partial charge in [-0.2, -0.15) is 0 Å². The van der Waals surface area contributed by atoms with E-state index in [9.17, 15) is 4.79 Å². The average Bonchev–Trinajstić information content (AvgIpc) is 2.56. The molecular weight excluding hydrogens is 278 g/mol. The Hall–Kier alpha value is -2.49. The number of carbonyl (C=O) groups excluding carboxylic acids is 1. The van der Waals surface area contributed by atoms with Crippen LogP contribution in [-0.4, -0.2) is 19.7 Å². The third-order valence-electron chi connectivity index (χ3n) is 3.41. The Labute approximate surface area is 131 Å². The molecule has 0 radical (unpaired) electrons. The van der Waals surface area contributed by atoms with Gasteiger partial charge in [0.2, 0.25) is 0 Å². The first-order valence-electron chi connectivity index (χ1n) is 7.28. The summed E-state index contributed by atoms with van der Waals surface area (Å²) in [6.07, 6.45) is -0.370. The van der Waals surface area contributed by atoms with E-state index in [4.69, 9.17) is 9.47 Å². The van der Waals surface area contributed by atoms with Gasteiger partial charge in [-0.25, -0.2) is 4.79 Å². The van der Waals surface area contributed by atoms with E-state index >= 15 is 0 Å². The lowest BCUT2D eigenvalue weighted by Gasteiger charge is -2.22. The second-order valence-electron chi connectivity index (χ2n) is 4.94. The van der Waals surface area contributed by atoms with Crippen LogP contribution in [0.15, 0.2) is 48.5 Å². The predicted molar refractivity (Wildman–Crippen MR) is 87.4 cm³/mol. The molecule has 0 aliphatic rings. The fraction of sp³-hybridized carbons (Fsp3) is 0.278. The van der Waals surface area contributed by atoms with Gasteiger partial charge in [0, 0.05) is 12.1 Å². The van der Waals surface area contributed by atoms with Crippen LogP contribution in [0.3, 0.4) is 0 Å². The van der Waals surface area contributed by atoms with Crippen LogP contribution in [-0.2, 0) is 11.3 Å². The second-order valence-corrected chi connectivity index (χ2v) is 4.94. The minimum absolute atomic E-state index is 0.370. The van der Waals surface area contributed by atoms with E-state index in [1.165, 1.54) is 12.7 Å². The molecule has 0 saturated heterocycles. The first-order valence-corrected chi connectivity index (χ1v) is 7.28. The van der Waals surface area contributed by atoms with Gasteiger partial charge in [-0.05, 0) is 32.0 Å². The van der Waals surface area contributed by atoms with Crippen molar-refractivity contribution in [2.45, 2.75) is 20.5 Å². The zero-order valence-electron chi connectivity index (χ0n) is 13.2. The number of hydrogen-bond donors (Lipinski definition) is 0. The smallest absolute Gasteiger partial charge is 0.413 e. The Morgan fingerprint density at radius 3 is 2.41 bits per heavy atom. The molecule has 0 saturated carbocycles. The molecule has 0 N–H and O–H groups in total. The number of hydrogen-bond acceptors (Lipinski definition) is 3. The fourth-order valence-corrected chi connectivity index (χ4v) is 2.20. The maximum absolute atomic E-state index is 11.9. The van der Waals surface area contributed by atoms with Gasteiger partial charge in [0.15, 0.2) is 0 Å². The lowest BCUT2D eigenvalue weighted by Crippen LogP contribution is -2.31. The van der Waals surface area contributed by atoms with E-state index in [-0.39, 0.29) is 6.09 Å². The molecule has 0 heterocycles. The van der Waals surface area contributed by atoms with Crippen molar-refractivity contribution in [3.05, 3.63) is 59.7 Å². The number of carbonyl (C=O) groups is 1. The van der Waals surface area contributed by atoms with Crippen LogP contribution in [0.1, 0.15) is 18.1 Å². The van der Waals surface area contributed by atoms with Gasteiger partial charge >= 0.3 is 6.09 Å². The second kappa shape index (κ2) is 7.50. The highest BCUT2D eigenvalue weighted by Gasteiger charge is 2.17. The molecule has 2 rings (SSSR count). The van der Waals surface area contributed by atoms with Gasteiger partial charge in [0.1, 0.15) is 12.4 Å². The lowest BCUT2D eigenvalue weighted by atomic mass is 10.1. The molecule has 0 fully saturated rings. The molecule has 116 valence electrons. The molecule has 2 aromatic rings. The van der Waals surface area contributed by atoms with E-state index in [1.54, 1.807) is 4.90 Å². The highest BCUT2D eigenvalue weighted by molar-refractivity contribution is 5.88. The molecule has 0 atom stereocenters. The molecule has 22 heavy (non-hydrogen) atoms. The van der Waals surface area contributed by atoms with E-state index in [1.807, 2.05) is 62.4 Å². The van der Waals surface area contributed by atoms with E-state index in [0.29, 0.717) is 13.2 Å². The van der Waals surface area contributed by atoms with Gasteiger partial charge in [-0.15, -0.1) is 0 Å². The molecule has 0 spiro atoms. The van der Waals surface area contributed by atoms with Crippen LogP contribution in [0.2, 0.25) is 0 Å². The highest BCUT2D eigenvalue weighted by atomic mass is 16.5. The number of rotatable bonds is 5. The first kappa shape index (κ1) is 15.9. The molecule has 4 nitrogen and oxygen atoms in total. The number of amides is 1. The Kier molecular flexibility index (Phi) is 5.42. The minimum atomic E-state index is -0.370. The fourth-order valence-electron chi connectivity index (χ4n) is 2.20. The molecule has 0 unspecified atom stereocenters. The highest BCUT2D eigenvalue weighted by Crippen LogP contribution is 2.23. The topological polar surface area (TPSA) is 38.8 Å². The molecule has 2 aromatic carbocycles. The van der Waals surface area contributed by atoms with Gasteiger partial charge in [0.25, 0.3) is 0 Å². The normalized spacial score (nSPS) is 10.1. The summed E-state index contributed by atoms with van der Waals surface area (Å²) in [5, 5.41) is 0. The zero-order chi connectivity index (χ0) is 15.9. The van der Waals surface area contributed by atoms with Gasteiger partial charge in [-0.1, -0.05) is 35.9 Å². The molecular formula is C18H21NO3. The third kappa shape index (κ3) is 3.79. The SMILES string of the molecule is CCN(C(=O)OC)c1ccccc1COc1ccc(C)cc1. The number of para-hydroxylation sites is 1. The van der Waals surface area contributed by atoms with E-state index in [2.05, 4.69) is 0 Å². The van der Waals surface area contributed by atoms with Crippen LogP contribution < -0.4 is 9.64 Å². The van der Waals surface area contributed by atoms with Crippen LogP contribution in [0.25, 0.3) is 0 Å². The van der Waals surface area contributed by atoms with Crippen molar-refractivity contribution in [1.82, 2.24) is 0 Å². The van der Waals surface area contributed by atoms with Crippen LogP contribution in [0.5, 0.6) is 5.75 Å². The Bertz CT molecular complexity index is 622. The maximum atomic E-state index is 11.9. The summed E-state index contributed by atoms with van der Waals surface area (Å²) in [4.78, 5) is 13.5. The van der Waals surface area contributed by atoms with E-state index in [0.717, 1.165) is 17.0 Å². The lowest BCUT2D eigenvalue weighted by molar-refractivity contribution is 0.179.